The topological polar surface area (TPSA) is 26.3 Å². The van der Waals surface area contributed by atoms with E-state index in [1.54, 1.807) is 13.1 Å². The molecule has 0 radical (unpaired) electrons. The van der Waals surface area contributed by atoms with Crippen LogP contribution < -0.4 is 0 Å². The second-order valence-electron chi connectivity index (χ2n) is 7.24. The lowest BCUT2D eigenvalue weighted by atomic mass is 10.0. The molecule has 0 aliphatic rings. The van der Waals surface area contributed by atoms with Crippen molar-refractivity contribution in [3.63, 3.8) is 0 Å². The molecule has 0 N–H and O–H groups in total. The molecule has 0 bridgehead atoms. The number of carbonyl (C=O) groups is 1. The van der Waals surface area contributed by atoms with Gasteiger partial charge in [0.05, 0.1) is 6.10 Å². The van der Waals surface area contributed by atoms with E-state index < -0.39 is 8.41 Å². The van der Waals surface area contributed by atoms with Crippen LogP contribution in [0.3, 0.4) is 0 Å². The Morgan fingerprint density at radius 2 is 1.43 bits per heavy atom. The van der Waals surface area contributed by atoms with Crippen molar-refractivity contribution in [2.45, 2.75) is 103 Å². The van der Waals surface area contributed by atoms with Crippen molar-refractivity contribution in [3.05, 3.63) is 12.7 Å². The van der Waals surface area contributed by atoms with Crippen LogP contribution >= 0.6 is 0 Å². The molecule has 23 heavy (non-hydrogen) atoms. The number of esters is 1. The van der Waals surface area contributed by atoms with E-state index in [0.717, 1.165) is 25.3 Å². The third-order valence-electron chi connectivity index (χ3n) is 4.12. The molecular weight excluding hydrogens is 307 g/mol. The average molecular weight is 345 g/mol. The second-order valence-corrected chi connectivity index (χ2v) is 11.2. The number of ether oxygens (including phenoxy) is 1. The standard InChI is InChI=1S/C19H37FO2Si/c1-5-19(21)22-18(2)16-14-12-10-8-6-7-9-11-13-15-17-23(3,4)20/h5,18H,1,6-17H2,2-4H3. The zero-order chi connectivity index (χ0) is 17.6. The predicted octanol–water partition coefficient (Wildman–Crippen LogP) is 6.57. The Hall–Kier alpha value is -0.643. The van der Waals surface area contributed by atoms with Gasteiger partial charge < -0.3 is 8.84 Å². The molecule has 0 saturated heterocycles. The Morgan fingerprint density at radius 1 is 1.00 bits per heavy atom. The number of carbonyl (C=O) groups excluding carboxylic acids is 1. The van der Waals surface area contributed by atoms with Crippen molar-refractivity contribution in [1.82, 2.24) is 0 Å². The fourth-order valence-corrected chi connectivity index (χ4v) is 3.79. The molecule has 0 aliphatic heterocycles. The molecule has 0 heterocycles. The molecule has 1 atom stereocenters. The van der Waals surface area contributed by atoms with E-state index in [1.807, 2.05) is 6.92 Å². The summed E-state index contributed by atoms with van der Waals surface area (Å²) in [4.78, 5) is 11.0. The van der Waals surface area contributed by atoms with Gasteiger partial charge in [0.25, 0.3) is 0 Å². The summed E-state index contributed by atoms with van der Waals surface area (Å²) in [7, 11) is -2.30. The van der Waals surface area contributed by atoms with Gasteiger partial charge in [0.15, 0.2) is 0 Å². The summed E-state index contributed by atoms with van der Waals surface area (Å²) in [6.45, 7) is 8.94. The predicted molar refractivity (Wildman–Crippen MR) is 99.9 cm³/mol. The van der Waals surface area contributed by atoms with Crippen LogP contribution in [-0.4, -0.2) is 20.5 Å². The Bertz CT molecular complexity index is 313. The average Bonchev–Trinajstić information content (AvgIpc) is 2.47. The molecule has 0 saturated carbocycles. The molecule has 0 aromatic rings. The summed E-state index contributed by atoms with van der Waals surface area (Å²) >= 11 is 0. The number of halogens is 1. The van der Waals surface area contributed by atoms with Crippen LogP contribution in [0.25, 0.3) is 0 Å². The Morgan fingerprint density at radius 3 is 1.87 bits per heavy atom. The fourth-order valence-electron chi connectivity index (χ4n) is 2.70. The van der Waals surface area contributed by atoms with Gasteiger partial charge in [-0.2, -0.15) is 0 Å². The number of rotatable bonds is 15. The van der Waals surface area contributed by atoms with E-state index in [2.05, 4.69) is 6.58 Å². The van der Waals surface area contributed by atoms with Gasteiger partial charge in [-0.1, -0.05) is 64.4 Å². The number of unbranched alkanes of at least 4 members (excludes halogenated alkanes) is 9. The van der Waals surface area contributed by atoms with E-state index in [0.29, 0.717) is 0 Å². The van der Waals surface area contributed by atoms with Crippen LogP contribution in [0.1, 0.15) is 77.6 Å². The lowest BCUT2D eigenvalue weighted by molar-refractivity contribution is -0.142. The third kappa shape index (κ3) is 17.5. The van der Waals surface area contributed by atoms with Crippen molar-refractivity contribution in [3.8, 4) is 0 Å². The summed E-state index contributed by atoms with van der Waals surface area (Å²) in [5, 5.41) is 0. The van der Waals surface area contributed by atoms with Crippen LogP contribution in [0, 0.1) is 0 Å². The quantitative estimate of drug-likeness (QED) is 0.110. The summed E-state index contributed by atoms with van der Waals surface area (Å²) in [6.07, 6.45) is 14.5. The molecular formula is C19H37FO2Si. The normalized spacial score (nSPS) is 12.9. The van der Waals surface area contributed by atoms with Crippen molar-refractivity contribution in [2.75, 3.05) is 0 Å². The molecule has 4 heteroatoms. The minimum Gasteiger partial charge on any atom is -0.460 e. The summed E-state index contributed by atoms with van der Waals surface area (Å²) < 4.78 is 18.5. The third-order valence-corrected chi connectivity index (χ3v) is 5.66. The van der Waals surface area contributed by atoms with Gasteiger partial charge in [-0.05, 0) is 38.9 Å². The first-order valence-electron chi connectivity index (χ1n) is 9.37. The van der Waals surface area contributed by atoms with Crippen LogP contribution in [-0.2, 0) is 9.53 Å². The lowest BCUT2D eigenvalue weighted by Crippen LogP contribution is -2.16. The highest BCUT2D eigenvalue weighted by Gasteiger charge is 2.18. The monoisotopic (exact) mass is 344 g/mol. The molecule has 0 spiro atoms. The zero-order valence-electron chi connectivity index (χ0n) is 15.5. The van der Waals surface area contributed by atoms with E-state index in [4.69, 9.17) is 4.74 Å². The van der Waals surface area contributed by atoms with Gasteiger partial charge in [0.1, 0.15) is 0 Å². The van der Waals surface area contributed by atoms with E-state index >= 15 is 0 Å². The second kappa shape index (κ2) is 13.8. The van der Waals surface area contributed by atoms with E-state index in [9.17, 15) is 8.90 Å². The maximum absolute atomic E-state index is 13.4. The zero-order valence-corrected chi connectivity index (χ0v) is 16.5. The fraction of sp³-hybridized carbons (Fsp3) is 0.842. The van der Waals surface area contributed by atoms with Crippen molar-refractivity contribution < 1.29 is 13.6 Å². The molecule has 0 rings (SSSR count). The van der Waals surface area contributed by atoms with Crippen LogP contribution in [0.15, 0.2) is 12.7 Å². The molecule has 2 nitrogen and oxygen atoms in total. The number of hydrogen-bond acceptors (Lipinski definition) is 2. The Balaban J connectivity index is 3.22. The highest BCUT2D eigenvalue weighted by molar-refractivity contribution is 6.70. The van der Waals surface area contributed by atoms with Crippen LogP contribution in [0.4, 0.5) is 4.11 Å². The number of hydrogen-bond donors (Lipinski definition) is 0. The lowest BCUT2D eigenvalue weighted by Gasteiger charge is -2.11. The first kappa shape index (κ1) is 22.4. The SMILES string of the molecule is C=CC(=O)OC(C)CCCCCCCCCCCC[Si](C)(C)F. The summed E-state index contributed by atoms with van der Waals surface area (Å²) in [5.41, 5.74) is 0. The molecule has 0 amide bonds. The van der Waals surface area contributed by atoms with Crippen LogP contribution in [0.2, 0.25) is 19.1 Å². The van der Waals surface area contributed by atoms with Gasteiger partial charge in [-0.25, -0.2) is 4.79 Å². The van der Waals surface area contributed by atoms with Crippen molar-refractivity contribution in [1.29, 1.82) is 0 Å². The smallest absolute Gasteiger partial charge is 0.330 e. The van der Waals surface area contributed by atoms with Crippen molar-refractivity contribution >= 4 is 14.4 Å². The van der Waals surface area contributed by atoms with Crippen LogP contribution in [0.5, 0.6) is 0 Å². The Kier molecular flexibility index (Phi) is 13.4. The summed E-state index contributed by atoms with van der Waals surface area (Å²) in [5.74, 6) is -0.324. The van der Waals surface area contributed by atoms with E-state index in [-0.39, 0.29) is 12.1 Å². The van der Waals surface area contributed by atoms with Gasteiger partial charge >= 0.3 is 5.97 Å². The maximum atomic E-state index is 13.4. The molecule has 1 unspecified atom stereocenters. The largest absolute Gasteiger partial charge is 0.460 e. The summed E-state index contributed by atoms with van der Waals surface area (Å²) in [6, 6.07) is 0.827. The van der Waals surface area contributed by atoms with Gasteiger partial charge in [-0.3, -0.25) is 0 Å². The first-order valence-corrected chi connectivity index (χ1v) is 12.5. The molecule has 0 aromatic carbocycles. The van der Waals surface area contributed by atoms with Crippen molar-refractivity contribution in [2.24, 2.45) is 0 Å². The molecule has 136 valence electrons. The molecule has 0 aliphatic carbocycles. The highest BCUT2D eigenvalue weighted by atomic mass is 28.4. The highest BCUT2D eigenvalue weighted by Crippen LogP contribution is 2.17. The Labute approximate surface area is 144 Å². The minimum absolute atomic E-state index is 0.00198. The van der Waals surface area contributed by atoms with Gasteiger partial charge in [0.2, 0.25) is 8.41 Å². The molecule has 0 aromatic heterocycles. The molecule has 0 fully saturated rings. The van der Waals surface area contributed by atoms with Gasteiger partial charge in [0, 0.05) is 6.08 Å². The minimum atomic E-state index is -2.30. The van der Waals surface area contributed by atoms with Gasteiger partial charge in [-0.15, -0.1) is 0 Å². The first-order chi connectivity index (χ1) is 10.8. The maximum Gasteiger partial charge on any atom is 0.330 e. The van der Waals surface area contributed by atoms with E-state index in [1.165, 1.54) is 57.4 Å².